The number of rotatable bonds is 4. The highest BCUT2D eigenvalue weighted by molar-refractivity contribution is 5.86. The SMILES string of the molecule is Cc1nonc1Cn1nnc(C(=O)O)c1CN. The van der Waals surface area contributed by atoms with Crippen molar-refractivity contribution < 1.29 is 14.5 Å². The van der Waals surface area contributed by atoms with E-state index >= 15 is 0 Å². The largest absolute Gasteiger partial charge is 0.476 e. The molecular formula is C8H10N6O3. The van der Waals surface area contributed by atoms with Crippen molar-refractivity contribution in [1.29, 1.82) is 0 Å². The molecule has 2 heterocycles. The quantitative estimate of drug-likeness (QED) is 0.705. The molecule has 3 N–H and O–H groups in total. The number of aromatic carboxylic acids is 1. The zero-order valence-electron chi connectivity index (χ0n) is 8.99. The zero-order valence-corrected chi connectivity index (χ0v) is 8.99. The maximum absolute atomic E-state index is 10.8. The van der Waals surface area contributed by atoms with Gasteiger partial charge in [-0.2, -0.15) is 0 Å². The van der Waals surface area contributed by atoms with Gasteiger partial charge in [-0.15, -0.1) is 5.10 Å². The molecule has 0 bridgehead atoms. The predicted molar refractivity (Wildman–Crippen MR) is 53.0 cm³/mol. The van der Waals surface area contributed by atoms with Crippen molar-refractivity contribution in [2.75, 3.05) is 0 Å². The van der Waals surface area contributed by atoms with Crippen LogP contribution in [0.3, 0.4) is 0 Å². The third-order valence-electron chi connectivity index (χ3n) is 2.28. The highest BCUT2D eigenvalue weighted by Crippen LogP contribution is 2.09. The van der Waals surface area contributed by atoms with Crippen LogP contribution in [0.25, 0.3) is 0 Å². The van der Waals surface area contributed by atoms with Crippen LogP contribution >= 0.6 is 0 Å². The topological polar surface area (TPSA) is 133 Å². The Labute approximate surface area is 95.2 Å². The molecule has 0 atom stereocenters. The molecule has 9 heteroatoms. The zero-order chi connectivity index (χ0) is 12.4. The van der Waals surface area contributed by atoms with E-state index < -0.39 is 5.97 Å². The first-order valence-corrected chi connectivity index (χ1v) is 4.77. The summed E-state index contributed by atoms with van der Waals surface area (Å²) in [5.74, 6) is -1.16. The summed E-state index contributed by atoms with van der Waals surface area (Å²) < 4.78 is 5.91. The molecule has 0 saturated heterocycles. The summed E-state index contributed by atoms with van der Waals surface area (Å²) in [6.45, 7) is 1.98. The minimum atomic E-state index is -1.16. The van der Waals surface area contributed by atoms with Crippen LogP contribution in [-0.4, -0.2) is 36.4 Å². The van der Waals surface area contributed by atoms with Crippen molar-refractivity contribution in [3.05, 3.63) is 22.8 Å². The summed E-state index contributed by atoms with van der Waals surface area (Å²) in [7, 11) is 0. The van der Waals surface area contributed by atoms with Crippen molar-refractivity contribution in [2.24, 2.45) is 5.73 Å². The number of nitrogens with zero attached hydrogens (tertiary/aromatic N) is 5. The van der Waals surface area contributed by atoms with Gasteiger partial charge in [-0.1, -0.05) is 15.5 Å². The molecule has 0 aliphatic rings. The maximum Gasteiger partial charge on any atom is 0.358 e. The standard InChI is InChI=1S/C8H10N6O3/c1-4-5(12-17-11-4)3-14-6(2-9)7(8(15)16)10-13-14/h2-3,9H2,1H3,(H,15,16). The van der Waals surface area contributed by atoms with Crippen LogP contribution in [0, 0.1) is 6.92 Å². The fraction of sp³-hybridized carbons (Fsp3) is 0.375. The van der Waals surface area contributed by atoms with Crippen LogP contribution in [0.2, 0.25) is 0 Å². The lowest BCUT2D eigenvalue weighted by atomic mass is 10.3. The lowest BCUT2D eigenvalue weighted by Gasteiger charge is -2.02. The number of carbonyl (C=O) groups is 1. The normalized spacial score (nSPS) is 10.7. The Morgan fingerprint density at radius 2 is 2.29 bits per heavy atom. The minimum absolute atomic E-state index is 0.0267. The monoisotopic (exact) mass is 238 g/mol. The minimum Gasteiger partial charge on any atom is -0.476 e. The number of carboxylic acids is 1. The number of carboxylic acid groups (broad SMARTS) is 1. The second-order valence-electron chi connectivity index (χ2n) is 3.35. The van der Waals surface area contributed by atoms with Crippen LogP contribution in [0.5, 0.6) is 0 Å². The molecule has 0 radical (unpaired) electrons. The Morgan fingerprint density at radius 3 is 2.82 bits per heavy atom. The van der Waals surface area contributed by atoms with Crippen LogP contribution in [0.1, 0.15) is 27.6 Å². The average Bonchev–Trinajstić information content (AvgIpc) is 2.86. The molecular weight excluding hydrogens is 228 g/mol. The Balaban J connectivity index is 2.34. The molecule has 17 heavy (non-hydrogen) atoms. The van der Waals surface area contributed by atoms with E-state index in [1.54, 1.807) is 6.92 Å². The van der Waals surface area contributed by atoms with Gasteiger partial charge in [0.1, 0.15) is 11.4 Å². The van der Waals surface area contributed by atoms with E-state index in [0.717, 1.165) is 0 Å². The molecule has 0 aliphatic heterocycles. The van der Waals surface area contributed by atoms with Crippen LogP contribution in [0.15, 0.2) is 4.63 Å². The summed E-state index contributed by atoms with van der Waals surface area (Å²) in [6.07, 6.45) is 0. The van der Waals surface area contributed by atoms with E-state index in [1.165, 1.54) is 4.68 Å². The molecule has 0 saturated carbocycles. The van der Waals surface area contributed by atoms with Gasteiger partial charge in [0.25, 0.3) is 0 Å². The number of aryl methyl sites for hydroxylation is 1. The van der Waals surface area contributed by atoms with Crippen molar-refractivity contribution in [3.63, 3.8) is 0 Å². The fourth-order valence-electron chi connectivity index (χ4n) is 1.36. The van der Waals surface area contributed by atoms with Gasteiger partial charge in [-0.05, 0) is 6.92 Å². The molecule has 0 spiro atoms. The number of hydrogen-bond acceptors (Lipinski definition) is 7. The van der Waals surface area contributed by atoms with Gasteiger partial charge in [0, 0.05) is 6.54 Å². The van der Waals surface area contributed by atoms with Crippen molar-refractivity contribution >= 4 is 5.97 Å². The van der Waals surface area contributed by atoms with Crippen molar-refractivity contribution in [1.82, 2.24) is 25.3 Å². The van der Waals surface area contributed by atoms with Gasteiger partial charge < -0.3 is 10.8 Å². The fourth-order valence-corrected chi connectivity index (χ4v) is 1.36. The molecule has 2 rings (SSSR count). The number of nitrogens with two attached hydrogens (primary N) is 1. The number of hydrogen-bond donors (Lipinski definition) is 2. The molecule has 9 nitrogen and oxygen atoms in total. The van der Waals surface area contributed by atoms with E-state index in [4.69, 9.17) is 10.8 Å². The average molecular weight is 238 g/mol. The van der Waals surface area contributed by atoms with Crippen molar-refractivity contribution in [3.8, 4) is 0 Å². The summed E-state index contributed by atoms with van der Waals surface area (Å²) in [5, 5.41) is 23.4. The highest BCUT2D eigenvalue weighted by Gasteiger charge is 2.19. The third kappa shape index (κ3) is 1.99. The summed E-state index contributed by atoms with van der Waals surface area (Å²) in [5.41, 5.74) is 6.83. The van der Waals surface area contributed by atoms with Gasteiger partial charge in [-0.25, -0.2) is 14.1 Å². The summed E-state index contributed by atoms with van der Waals surface area (Å²) in [4.78, 5) is 10.8. The molecule has 2 aromatic rings. The van der Waals surface area contributed by atoms with Crippen LogP contribution in [-0.2, 0) is 13.1 Å². The first kappa shape index (κ1) is 11.2. The highest BCUT2D eigenvalue weighted by atomic mass is 16.6. The Kier molecular flexibility index (Phi) is 2.83. The molecule has 0 aliphatic carbocycles. The van der Waals surface area contributed by atoms with Gasteiger partial charge >= 0.3 is 5.97 Å². The Bertz CT molecular complexity index is 545. The van der Waals surface area contributed by atoms with Gasteiger partial charge in [0.2, 0.25) is 0 Å². The van der Waals surface area contributed by atoms with Crippen LogP contribution in [0.4, 0.5) is 0 Å². The molecule has 90 valence electrons. The number of aromatic nitrogens is 5. The Morgan fingerprint density at radius 1 is 1.53 bits per heavy atom. The molecule has 0 unspecified atom stereocenters. The molecule has 0 aromatic carbocycles. The first-order chi connectivity index (χ1) is 8.13. The maximum atomic E-state index is 10.8. The second-order valence-corrected chi connectivity index (χ2v) is 3.35. The Hall–Kier alpha value is -2.29. The van der Waals surface area contributed by atoms with Crippen LogP contribution < -0.4 is 5.73 Å². The smallest absolute Gasteiger partial charge is 0.358 e. The summed E-state index contributed by atoms with van der Waals surface area (Å²) >= 11 is 0. The van der Waals surface area contributed by atoms with Gasteiger partial charge in [0.15, 0.2) is 5.69 Å². The van der Waals surface area contributed by atoms with E-state index in [-0.39, 0.29) is 18.8 Å². The lowest BCUT2D eigenvalue weighted by Crippen LogP contribution is -2.13. The van der Waals surface area contributed by atoms with Gasteiger partial charge in [0.05, 0.1) is 12.2 Å². The van der Waals surface area contributed by atoms with Gasteiger partial charge in [-0.3, -0.25) is 0 Å². The molecule has 2 aromatic heterocycles. The van der Waals surface area contributed by atoms with Crippen molar-refractivity contribution in [2.45, 2.75) is 20.0 Å². The van der Waals surface area contributed by atoms with E-state index in [0.29, 0.717) is 17.1 Å². The lowest BCUT2D eigenvalue weighted by molar-refractivity contribution is 0.0689. The molecule has 0 amide bonds. The second kappa shape index (κ2) is 4.29. The third-order valence-corrected chi connectivity index (χ3v) is 2.28. The predicted octanol–water partition coefficient (Wildman–Crippen LogP) is -0.825. The van der Waals surface area contributed by atoms with E-state index in [2.05, 4.69) is 25.3 Å². The molecule has 0 fully saturated rings. The van der Waals surface area contributed by atoms with E-state index in [9.17, 15) is 4.79 Å². The first-order valence-electron chi connectivity index (χ1n) is 4.77. The van der Waals surface area contributed by atoms with E-state index in [1.807, 2.05) is 0 Å². The summed E-state index contributed by atoms with van der Waals surface area (Å²) in [6, 6.07) is 0.